The first-order chi connectivity index (χ1) is 9.65. The molecule has 0 atom stereocenters. The maximum atomic E-state index is 11.1. The molecule has 20 heavy (non-hydrogen) atoms. The third-order valence-corrected chi connectivity index (χ3v) is 4.12. The standard InChI is InChI=1S/C12H14N6OS/c13-10-5-7(11(14)19)1-2-8(10)6-20-12-15-16-17-18(12)9-3-4-9/h1-2,5,9H,3-4,6,13H2,(H2,14,19). The van der Waals surface area contributed by atoms with Crippen LogP contribution >= 0.6 is 11.8 Å². The van der Waals surface area contributed by atoms with Gasteiger partial charge in [0.2, 0.25) is 11.1 Å². The third kappa shape index (κ3) is 2.60. The Bertz CT molecular complexity index is 651. The topological polar surface area (TPSA) is 113 Å². The first-order valence-corrected chi connectivity index (χ1v) is 7.22. The van der Waals surface area contributed by atoms with Crippen molar-refractivity contribution in [3.63, 3.8) is 0 Å². The molecule has 0 saturated heterocycles. The molecule has 104 valence electrons. The lowest BCUT2D eigenvalue weighted by Crippen LogP contribution is -2.11. The van der Waals surface area contributed by atoms with Crippen LogP contribution in [0.5, 0.6) is 0 Å². The third-order valence-electron chi connectivity index (χ3n) is 3.14. The lowest BCUT2D eigenvalue weighted by molar-refractivity contribution is 0.100. The zero-order valence-corrected chi connectivity index (χ0v) is 11.5. The van der Waals surface area contributed by atoms with E-state index in [-0.39, 0.29) is 0 Å². The monoisotopic (exact) mass is 290 g/mol. The van der Waals surface area contributed by atoms with Crippen molar-refractivity contribution in [2.75, 3.05) is 5.73 Å². The normalized spacial score (nSPS) is 14.4. The molecule has 1 saturated carbocycles. The van der Waals surface area contributed by atoms with Gasteiger partial charge < -0.3 is 11.5 Å². The second-order valence-electron chi connectivity index (χ2n) is 4.70. The zero-order valence-electron chi connectivity index (χ0n) is 10.7. The number of hydrogen-bond donors (Lipinski definition) is 2. The van der Waals surface area contributed by atoms with Gasteiger partial charge in [-0.25, -0.2) is 4.68 Å². The summed E-state index contributed by atoms with van der Waals surface area (Å²) in [6, 6.07) is 5.54. The molecule has 3 rings (SSSR count). The van der Waals surface area contributed by atoms with Crippen LogP contribution in [-0.4, -0.2) is 26.1 Å². The minimum absolute atomic E-state index is 0.416. The largest absolute Gasteiger partial charge is 0.398 e. The predicted molar refractivity (Wildman–Crippen MR) is 75.0 cm³/mol. The van der Waals surface area contributed by atoms with E-state index >= 15 is 0 Å². The molecule has 0 bridgehead atoms. The van der Waals surface area contributed by atoms with E-state index < -0.39 is 5.91 Å². The molecular weight excluding hydrogens is 276 g/mol. The number of carbonyl (C=O) groups is 1. The van der Waals surface area contributed by atoms with E-state index in [2.05, 4.69) is 15.5 Å². The molecule has 1 fully saturated rings. The average Bonchev–Trinajstić information content (AvgIpc) is 3.16. The summed E-state index contributed by atoms with van der Waals surface area (Å²) in [6.07, 6.45) is 2.27. The number of thioether (sulfide) groups is 1. The fraction of sp³-hybridized carbons (Fsp3) is 0.333. The fourth-order valence-electron chi connectivity index (χ4n) is 1.85. The fourth-order valence-corrected chi connectivity index (χ4v) is 2.81. The van der Waals surface area contributed by atoms with Gasteiger partial charge in [-0.2, -0.15) is 0 Å². The number of amides is 1. The van der Waals surface area contributed by atoms with Gasteiger partial charge in [0.15, 0.2) is 0 Å². The number of primary amides is 1. The molecule has 1 heterocycles. The van der Waals surface area contributed by atoms with Gasteiger partial charge in [-0.15, -0.1) is 5.10 Å². The van der Waals surface area contributed by atoms with E-state index in [1.165, 1.54) is 11.8 Å². The SMILES string of the molecule is NC(=O)c1ccc(CSc2nnnn2C2CC2)c(N)c1. The molecule has 2 aromatic rings. The maximum absolute atomic E-state index is 11.1. The Balaban J connectivity index is 1.71. The van der Waals surface area contributed by atoms with Crippen LogP contribution in [-0.2, 0) is 5.75 Å². The number of nitrogen functional groups attached to an aromatic ring is 1. The predicted octanol–water partition coefficient (Wildman–Crippen LogP) is 0.981. The molecule has 1 aromatic carbocycles. The van der Waals surface area contributed by atoms with Crippen LogP contribution in [0.15, 0.2) is 23.4 Å². The minimum Gasteiger partial charge on any atom is -0.398 e. The van der Waals surface area contributed by atoms with E-state index in [0.717, 1.165) is 23.6 Å². The zero-order chi connectivity index (χ0) is 14.1. The summed E-state index contributed by atoms with van der Waals surface area (Å²) in [6.45, 7) is 0. The Morgan fingerprint density at radius 2 is 2.25 bits per heavy atom. The number of aromatic nitrogens is 4. The first kappa shape index (κ1) is 12.9. The Hall–Kier alpha value is -2.09. The van der Waals surface area contributed by atoms with Gasteiger partial charge in [0, 0.05) is 17.0 Å². The highest BCUT2D eigenvalue weighted by Crippen LogP contribution is 2.37. The van der Waals surface area contributed by atoms with Crippen LogP contribution in [0, 0.1) is 0 Å². The van der Waals surface area contributed by atoms with Crippen LogP contribution in [0.1, 0.15) is 34.8 Å². The molecule has 0 radical (unpaired) electrons. The number of nitrogens with zero attached hydrogens (tertiary/aromatic N) is 4. The molecule has 1 aliphatic carbocycles. The van der Waals surface area contributed by atoms with Gasteiger partial charge >= 0.3 is 0 Å². The van der Waals surface area contributed by atoms with Crippen molar-refractivity contribution in [3.05, 3.63) is 29.3 Å². The molecule has 0 unspecified atom stereocenters. The minimum atomic E-state index is -0.478. The summed E-state index contributed by atoms with van der Waals surface area (Å²) in [5, 5.41) is 12.5. The number of tetrazole rings is 1. The van der Waals surface area contributed by atoms with E-state index in [1.807, 2.05) is 10.7 Å². The number of rotatable bonds is 5. The van der Waals surface area contributed by atoms with Crippen LogP contribution in [0.4, 0.5) is 5.69 Å². The Morgan fingerprint density at radius 1 is 1.45 bits per heavy atom. The number of nitrogens with two attached hydrogens (primary N) is 2. The van der Waals surface area contributed by atoms with Crippen molar-refractivity contribution in [3.8, 4) is 0 Å². The van der Waals surface area contributed by atoms with E-state index in [9.17, 15) is 4.79 Å². The molecule has 1 aromatic heterocycles. The smallest absolute Gasteiger partial charge is 0.248 e. The van der Waals surface area contributed by atoms with E-state index in [1.54, 1.807) is 12.1 Å². The molecule has 1 amide bonds. The van der Waals surface area contributed by atoms with Gasteiger partial charge in [-0.05, 0) is 41.0 Å². The quantitative estimate of drug-likeness (QED) is 0.627. The van der Waals surface area contributed by atoms with Crippen molar-refractivity contribution in [1.29, 1.82) is 0 Å². The highest BCUT2D eigenvalue weighted by atomic mass is 32.2. The second kappa shape index (κ2) is 5.12. The molecule has 8 heteroatoms. The van der Waals surface area contributed by atoms with E-state index in [0.29, 0.717) is 23.0 Å². The number of benzene rings is 1. The van der Waals surface area contributed by atoms with Crippen LogP contribution < -0.4 is 11.5 Å². The number of hydrogen-bond acceptors (Lipinski definition) is 6. The van der Waals surface area contributed by atoms with Gasteiger partial charge in [-0.1, -0.05) is 17.8 Å². The summed E-state index contributed by atoms with van der Waals surface area (Å²) in [5.74, 6) is 0.173. The molecule has 0 spiro atoms. The van der Waals surface area contributed by atoms with Crippen molar-refractivity contribution in [2.24, 2.45) is 5.73 Å². The summed E-state index contributed by atoms with van der Waals surface area (Å²) >= 11 is 1.53. The maximum Gasteiger partial charge on any atom is 0.248 e. The molecule has 7 nitrogen and oxygen atoms in total. The Morgan fingerprint density at radius 3 is 2.90 bits per heavy atom. The summed E-state index contributed by atoms with van der Waals surface area (Å²) in [4.78, 5) is 11.1. The van der Waals surface area contributed by atoms with Crippen LogP contribution in [0.3, 0.4) is 0 Å². The first-order valence-electron chi connectivity index (χ1n) is 6.24. The number of anilines is 1. The van der Waals surface area contributed by atoms with Gasteiger partial charge in [0.1, 0.15) is 0 Å². The van der Waals surface area contributed by atoms with Crippen molar-refractivity contribution in [1.82, 2.24) is 20.2 Å². The van der Waals surface area contributed by atoms with Crippen molar-refractivity contribution < 1.29 is 4.79 Å². The van der Waals surface area contributed by atoms with Crippen LogP contribution in [0.25, 0.3) is 0 Å². The van der Waals surface area contributed by atoms with Crippen molar-refractivity contribution in [2.45, 2.75) is 29.8 Å². The van der Waals surface area contributed by atoms with E-state index in [4.69, 9.17) is 11.5 Å². The van der Waals surface area contributed by atoms with Crippen molar-refractivity contribution >= 4 is 23.4 Å². The van der Waals surface area contributed by atoms with Gasteiger partial charge in [0.05, 0.1) is 6.04 Å². The summed E-state index contributed by atoms with van der Waals surface area (Å²) < 4.78 is 1.86. The lowest BCUT2D eigenvalue weighted by atomic mass is 10.1. The highest BCUT2D eigenvalue weighted by Gasteiger charge is 2.27. The molecular formula is C12H14N6OS. The van der Waals surface area contributed by atoms with Gasteiger partial charge in [-0.3, -0.25) is 4.79 Å². The molecule has 4 N–H and O–H groups in total. The summed E-state index contributed by atoms with van der Waals surface area (Å²) in [7, 11) is 0. The lowest BCUT2D eigenvalue weighted by Gasteiger charge is -2.06. The Labute approximate surface area is 119 Å². The molecule has 1 aliphatic rings. The average molecular weight is 290 g/mol. The second-order valence-corrected chi connectivity index (χ2v) is 5.65. The van der Waals surface area contributed by atoms with Crippen LogP contribution in [0.2, 0.25) is 0 Å². The Kier molecular flexibility index (Phi) is 3.31. The summed E-state index contributed by atoms with van der Waals surface area (Å²) in [5.41, 5.74) is 13.0. The van der Waals surface area contributed by atoms with Gasteiger partial charge in [0.25, 0.3) is 0 Å². The molecule has 0 aliphatic heterocycles. The highest BCUT2D eigenvalue weighted by molar-refractivity contribution is 7.98. The number of carbonyl (C=O) groups excluding carboxylic acids is 1.